The third-order valence-electron chi connectivity index (χ3n) is 5.35. The van der Waals surface area contributed by atoms with Gasteiger partial charge in [-0.25, -0.2) is 9.97 Å². The van der Waals surface area contributed by atoms with Crippen LogP contribution in [0, 0.1) is 6.92 Å². The fraction of sp³-hybridized carbons (Fsp3) is 0.304. The van der Waals surface area contributed by atoms with Crippen molar-refractivity contribution >= 4 is 23.6 Å². The second kappa shape index (κ2) is 8.90. The highest BCUT2D eigenvalue weighted by atomic mass is 16.2. The number of nitrogens with zero attached hydrogens (tertiary/aromatic N) is 5. The Labute approximate surface area is 176 Å². The number of aromatic nitrogens is 4. The topological polar surface area (TPSA) is 75.9 Å². The van der Waals surface area contributed by atoms with Gasteiger partial charge < -0.3 is 10.2 Å². The minimum atomic E-state index is 0.0555. The Morgan fingerprint density at radius 1 is 1.20 bits per heavy atom. The van der Waals surface area contributed by atoms with Crippen LogP contribution in [0.15, 0.2) is 55.0 Å². The number of likely N-dealkylation sites (tertiary alicyclic amines) is 1. The number of amides is 1. The van der Waals surface area contributed by atoms with Crippen molar-refractivity contribution < 1.29 is 4.79 Å². The summed E-state index contributed by atoms with van der Waals surface area (Å²) in [7, 11) is 1.86. The van der Waals surface area contributed by atoms with Gasteiger partial charge in [0.25, 0.3) is 0 Å². The number of piperidine rings is 1. The molecule has 7 nitrogen and oxygen atoms in total. The summed E-state index contributed by atoms with van der Waals surface area (Å²) in [5, 5.41) is 7.40. The van der Waals surface area contributed by atoms with Crippen LogP contribution in [-0.2, 0) is 11.8 Å². The summed E-state index contributed by atoms with van der Waals surface area (Å²) in [5.74, 6) is 2.06. The molecule has 0 aromatic carbocycles. The Balaban J connectivity index is 1.34. The van der Waals surface area contributed by atoms with E-state index in [1.54, 1.807) is 17.0 Å². The van der Waals surface area contributed by atoms with E-state index >= 15 is 0 Å². The number of anilines is 2. The zero-order chi connectivity index (χ0) is 20.9. The number of aryl methyl sites for hydroxylation is 2. The van der Waals surface area contributed by atoms with Crippen LogP contribution < -0.4 is 5.32 Å². The van der Waals surface area contributed by atoms with Gasteiger partial charge in [0.2, 0.25) is 5.91 Å². The summed E-state index contributed by atoms with van der Waals surface area (Å²) < 4.78 is 1.72. The van der Waals surface area contributed by atoms with Gasteiger partial charge in [0.1, 0.15) is 11.6 Å². The summed E-state index contributed by atoms with van der Waals surface area (Å²) in [6, 6.07) is 10.0. The Hall–Kier alpha value is -3.48. The molecule has 3 aromatic heterocycles. The van der Waals surface area contributed by atoms with E-state index in [2.05, 4.69) is 32.5 Å². The molecular weight excluding hydrogens is 376 g/mol. The van der Waals surface area contributed by atoms with Crippen LogP contribution in [0.3, 0.4) is 0 Å². The Morgan fingerprint density at radius 3 is 2.77 bits per heavy atom. The number of rotatable bonds is 5. The van der Waals surface area contributed by atoms with Gasteiger partial charge in [0.15, 0.2) is 0 Å². The average molecular weight is 403 g/mol. The third kappa shape index (κ3) is 4.92. The minimum Gasteiger partial charge on any atom is -0.339 e. The molecule has 1 amide bonds. The van der Waals surface area contributed by atoms with Crippen molar-refractivity contribution in [2.24, 2.45) is 7.05 Å². The molecule has 0 bridgehead atoms. The van der Waals surface area contributed by atoms with Crippen molar-refractivity contribution in [3.8, 4) is 0 Å². The minimum absolute atomic E-state index is 0.0555. The molecule has 0 unspecified atom stereocenters. The Morgan fingerprint density at radius 2 is 2.03 bits per heavy atom. The molecule has 30 heavy (non-hydrogen) atoms. The van der Waals surface area contributed by atoms with E-state index in [0.29, 0.717) is 5.92 Å². The molecule has 3 aromatic rings. The van der Waals surface area contributed by atoms with Crippen LogP contribution in [0.1, 0.15) is 35.6 Å². The number of pyridine rings is 2. The predicted octanol–water partition coefficient (Wildman–Crippen LogP) is 3.68. The van der Waals surface area contributed by atoms with E-state index in [0.717, 1.165) is 48.8 Å². The molecule has 1 aliphatic rings. The van der Waals surface area contributed by atoms with Crippen molar-refractivity contribution in [1.82, 2.24) is 24.6 Å². The molecule has 1 N–H and O–H groups in total. The zero-order valence-corrected chi connectivity index (χ0v) is 17.3. The van der Waals surface area contributed by atoms with Gasteiger partial charge in [0.05, 0.1) is 6.20 Å². The van der Waals surface area contributed by atoms with Crippen molar-refractivity contribution in [1.29, 1.82) is 0 Å². The fourth-order valence-corrected chi connectivity index (χ4v) is 3.75. The number of carbonyl (C=O) groups is 1. The lowest BCUT2D eigenvalue weighted by Gasteiger charge is -2.31. The van der Waals surface area contributed by atoms with Crippen molar-refractivity contribution in [2.45, 2.75) is 25.7 Å². The van der Waals surface area contributed by atoms with Crippen LogP contribution in [0.5, 0.6) is 0 Å². The van der Waals surface area contributed by atoms with Gasteiger partial charge in [-0.2, -0.15) is 5.10 Å². The third-order valence-corrected chi connectivity index (χ3v) is 5.35. The van der Waals surface area contributed by atoms with Crippen LogP contribution in [0.4, 0.5) is 11.6 Å². The molecule has 1 aliphatic heterocycles. The largest absolute Gasteiger partial charge is 0.339 e. The molecule has 0 aliphatic carbocycles. The van der Waals surface area contributed by atoms with E-state index in [1.165, 1.54) is 5.56 Å². The molecule has 4 heterocycles. The Kier molecular flexibility index (Phi) is 5.88. The molecule has 0 radical (unpaired) electrons. The Bertz CT molecular complexity index is 1050. The highest BCUT2D eigenvalue weighted by Crippen LogP contribution is 2.29. The van der Waals surface area contributed by atoms with Gasteiger partial charge in [-0.3, -0.25) is 9.48 Å². The lowest BCUT2D eigenvalue weighted by molar-refractivity contribution is -0.126. The molecule has 1 fully saturated rings. The molecule has 0 saturated carbocycles. The SMILES string of the molecule is Cc1cccc(Nc2cc(C3CCN(C(=O)/C=C/c4cnn(C)c4)CC3)ccn2)n1. The van der Waals surface area contributed by atoms with E-state index < -0.39 is 0 Å². The second-order valence-corrected chi connectivity index (χ2v) is 7.64. The smallest absolute Gasteiger partial charge is 0.246 e. The first-order chi connectivity index (χ1) is 14.6. The van der Waals surface area contributed by atoms with Gasteiger partial charge in [0, 0.05) is 49.9 Å². The first-order valence-corrected chi connectivity index (χ1v) is 10.2. The highest BCUT2D eigenvalue weighted by Gasteiger charge is 2.23. The van der Waals surface area contributed by atoms with Gasteiger partial charge in [-0.15, -0.1) is 0 Å². The van der Waals surface area contributed by atoms with E-state index in [1.807, 2.05) is 55.5 Å². The van der Waals surface area contributed by atoms with Crippen molar-refractivity contribution in [3.63, 3.8) is 0 Å². The molecule has 1 saturated heterocycles. The molecule has 4 rings (SSSR count). The lowest BCUT2D eigenvalue weighted by atomic mass is 9.90. The number of hydrogen-bond donors (Lipinski definition) is 1. The average Bonchev–Trinajstić information content (AvgIpc) is 3.17. The number of hydrogen-bond acceptors (Lipinski definition) is 5. The second-order valence-electron chi connectivity index (χ2n) is 7.64. The summed E-state index contributed by atoms with van der Waals surface area (Å²) in [6.45, 7) is 3.48. The molecule has 0 atom stereocenters. The van der Waals surface area contributed by atoms with Crippen LogP contribution in [-0.4, -0.2) is 43.6 Å². The van der Waals surface area contributed by atoms with Gasteiger partial charge >= 0.3 is 0 Å². The molecule has 0 spiro atoms. The van der Waals surface area contributed by atoms with Crippen molar-refractivity contribution in [3.05, 3.63) is 71.8 Å². The summed E-state index contributed by atoms with van der Waals surface area (Å²) in [5.41, 5.74) is 3.14. The zero-order valence-electron chi connectivity index (χ0n) is 17.3. The lowest BCUT2D eigenvalue weighted by Crippen LogP contribution is -2.36. The fourth-order valence-electron chi connectivity index (χ4n) is 3.75. The highest BCUT2D eigenvalue weighted by molar-refractivity contribution is 5.91. The van der Waals surface area contributed by atoms with E-state index in [-0.39, 0.29) is 5.91 Å². The van der Waals surface area contributed by atoms with Gasteiger partial charge in [-0.1, -0.05) is 6.07 Å². The van der Waals surface area contributed by atoms with E-state index in [4.69, 9.17) is 0 Å². The summed E-state index contributed by atoms with van der Waals surface area (Å²) >= 11 is 0. The van der Waals surface area contributed by atoms with Crippen LogP contribution >= 0.6 is 0 Å². The van der Waals surface area contributed by atoms with E-state index in [9.17, 15) is 4.79 Å². The molecule has 7 heteroatoms. The van der Waals surface area contributed by atoms with Gasteiger partial charge in [-0.05, 0) is 61.6 Å². The maximum atomic E-state index is 12.5. The standard InChI is InChI=1S/C23H26N6O/c1-17-4-3-5-21(26-17)27-22-14-20(8-11-24-22)19-9-12-29(13-10-19)23(30)7-6-18-15-25-28(2)16-18/h3-8,11,14-16,19H,9-10,12-13H2,1-2H3,(H,24,26,27)/b7-6+. The predicted molar refractivity (Wildman–Crippen MR) is 117 cm³/mol. The molecular formula is C23H26N6O. The molecule has 154 valence electrons. The monoisotopic (exact) mass is 402 g/mol. The first-order valence-electron chi connectivity index (χ1n) is 10.2. The van der Waals surface area contributed by atoms with Crippen LogP contribution in [0.2, 0.25) is 0 Å². The summed E-state index contributed by atoms with van der Waals surface area (Å²) in [6.07, 6.45) is 10.8. The summed E-state index contributed by atoms with van der Waals surface area (Å²) in [4.78, 5) is 23.3. The number of nitrogens with one attached hydrogen (secondary N) is 1. The maximum Gasteiger partial charge on any atom is 0.246 e. The normalized spacial score (nSPS) is 14.9. The quantitative estimate of drug-likeness (QED) is 0.659. The number of carbonyl (C=O) groups excluding carboxylic acids is 1. The van der Waals surface area contributed by atoms with Crippen LogP contribution in [0.25, 0.3) is 6.08 Å². The maximum absolute atomic E-state index is 12.5. The van der Waals surface area contributed by atoms with Crippen molar-refractivity contribution in [2.75, 3.05) is 18.4 Å². The first kappa shape index (κ1) is 19.8.